The van der Waals surface area contributed by atoms with Gasteiger partial charge in [0.05, 0.1) is 0 Å². The fourth-order valence-electron chi connectivity index (χ4n) is 4.10. The van der Waals surface area contributed by atoms with Crippen LogP contribution < -0.4 is 5.32 Å². The van der Waals surface area contributed by atoms with E-state index < -0.39 is 0 Å². The number of carbonyl (C=O) groups is 1. The highest BCUT2D eigenvalue weighted by atomic mass is 35.5. The van der Waals surface area contributed by atoms with E-state index in [2.05, 4.69) is 34.3 Å². The van der Waals surface area contributed by atoms with Crippen LogP contribution in [-0.2, 0) is 13.1 Å². The molecule has 5 heteroatoms. The summed E-state index contributed by atoms with van der Waals surface area (Å²) in [6, 6.07) is 7.43. The molecule has 1 aromatic carbocycles. The smallest absolute Gasteiger partial charge is 0.253 e. The molecule has 2 saturated heterocycles. The lowest BCUT2D eigenvalue weighted by atomic mass is 10.0. The summed E-state index contributed by atoms with van der Waals surface area (Å²) in [5.74, 6) is 0.214. The minimum Gasteiger partial charge on any atom is -0.337 e. The molecule has 3 aliphatic heterocycles. The van der Waals surface area contributed by atoms with Crippen molar-refractivity contribution in [3.63, 3.8) is 0 Å². The van der Waals surface area contributed by atoms with E-state index in [1.54, 1.807) is 0 Å². The highest BCUT2D eigenvalue weighted by Crippen LogP contribution is 2.29. The van der Waals surface area contributed by atoms with Gasteiger partial charge in [-0.15, -0.1) is 12.4 Å². The van der Waals surface area contributed by atoms with Crippen LogP contribution in [0.5, 0.6) is 0 Å². The van der Waals surface area contributed by atoms with Crippen molar-refractivity contribution in [2.45, 2.75) is 44.4 Å². The molecule has 1 aromatic rings. The van der Waals surface area contributed by atoms with E-state index in [-0.39, 0.29) is 18.3 Å². The molecule has 1 amide bonds. The van der Waals surface area contributed by atoms with Crippen LogP contribution in [0, 0.1) is 0 Å². The number of likely N-dealkylation sites (N-methyl/N-ethyl adjacent to an activating group) is 1. The van der Waals surface area contributed by atoms with Crippen LogP contribution >= 0.6 is 12.4 Å². The second-order valence-corrected chi connectivity index (χ2v) is 6.68. The molecule has 120 valence electrons. The predicted molar refractivity (Wildman–Crippen MR) is 89.3 cm³/mol. The fraction of sp³-hybridized carbons (Fsp3) is 0.588. The van der Waals surface area contributed by atoms with Gasteiger partial charge in [0.1, 0.15) is 0 Å². The molecular weight excluding hydrogens is 298 g/mol. The molecule has 4 nitrogen and oxygen atoms in total. The third-order valence-corrected chi connectivity index (χ3v) is 5.52. The minimum atomic E-state index is 0. The average Bonchev–Trinajstić information content (AvgIpc) is 3.02. The van der Waals surface area contributed by atoms with Crippen LogP contribution in [0.3, 0.4) is 0 Å². The zero-order valence-electron chi connectivity index (χ0n) is 13.0. The molecule has 0 radical (unpaired) electrons. The quantitative estimate of drug-likeness (QED) is 0.859. The number of nitrogens with zero attached hydrogens (tertiary/aromatic N) is 2. The molecule has 0 aliphatic carbocycles. The largest absolute Gasteiger partial charge is 0.337 e. The standard InChI is InChI=1S/C17H23N3O.ClH/c1-19-15-4-5-16(19)11-20(7-6-15)17(21)12-2-3-13-9-18-10-14(13)8-12;/h2-3,8,15-16,18H,4-7,9-11H2,1H3;1H. The normalized spacial score (nSPS) is 27.2. The highest BCUT2D eigenvalue weighted by molar-refractivity contribution is 5.94. The molecule has 3 heterocycles. The van der Waals surface area contributed by atoms with E-state index >= 15 is 0 Å². The van der Waals surface area contributed by atoms with Crippen molar-refractivity contribution in [1.82, 2.24) is 15.1 Å². The van der Waals surface area contributed by atoms with Gasteiger partial charge < -0.3 is 10.2 Å². The molecule has 22 heavy (non-hydrogen) atoms. The van der Waals surface area contributed by atoms with Crippen molar-refractivity contribution in [3.05, 3.63) is 34.9 Å². The van der Waals surface area contributed by atoms with Crippen LogP contribution in [0.2, 0.25) is 0 Å². The van der Waals surface area contributed by atoms with Crippen LogP contribution in [0.25, 0.3) is 0 Å². The summed E-state index contributed by atoms with van der Waals surface area (Å²) in [5, 5.41) is 3.34. The molecule has 2 bridgehead atoms. The first-order chi connectivity index (χ1) is 10.2. The summed E-state index contributed by atoms with van der Waals surface area (Å²) in [6.45, 7) is 3.62. The monoisotopic (exact) mass is 321 g/mol. The summed E-state index contributed by atoms with van der Waals surface area (Å²) in [4.78, 5) is 17.4. The highest BCUT2D eigenvalue weighted by Gasteiger charge is 2.36. The van der Waals surface area contributed by atoms with Crippen molar-refractivity contribution in [2.24, 2.45) is 0 Å². The number of halogens is 1. The van der Waals surface area contributed by atoms with E-state index in [4.69, 9.17) is 0 Å². The lowest BCUT2D eigenvalue weighted by Gasteiger charge is -2.26. The first-order valence-corrected chi connectivity index (χ1v) is 8.06. The average molecular weight is 322 g/mol. The van der Waals surface area contributed by atoms with Crippen LogP contribution in [0.1, 0.15) is 40.7 Å². The van der Waals surface area contributed by atoms with E-state index in [1.165, 1.54) is 24.0 Å². The second kappa shape index (κ2) is 6.19. The summed E-state index contributed by atoms with van der Waals surface area (Å²) >= 11 is 0. The van der Waals surface area contributed by atoms with Crippen molar-refractivity contribution in [1.29, 1.82) is 0 Å². The molecular formula is C17H24ClN3O. The van der Waals surface area contributed by atoms with Gasteiger partial charge in [0.2, 0.25) is 0 Å². The Labute approximate surface area is 138 Å². The number of benzene rings is 1. The molecule has 2 fully saturated rings. The molecule has 3 aliphatic rings. The molecule has 2 atom stereocenters. The number of likely N-dealkylation sites (tertiary alicyclic amines) is 1. The molecule has 0 spiro atoms. The van der Waals surface area contributed by atoms with Crippen molar-refractivity contribution in [2.75, 3.05) is 20.1 Å². The maximum absolute atomic E-state index is 12.8. The second-order valence-electron chi connectivity index (χ2n) is 6.68. The van der Waals surface area contributed by atoms with Crippen LogP contribution in [-0.4, -0.2) is 47.9 Å². The van der Waals surface area contributed by atoms with Crippen molar-refractivity contribution >= 4 is 18.3 Å². The summed E-state index contributed by atoms with van der Waals surface area (Å²) in [7, 11) is 2.22. The Hall–Kier alpha value is -1.10. The molecule has 1 N–H and O–H groups in total. The van der Waals surface area contributed by atoms with Gasteiger partial charge in [0.15, 0.2) is 0 Å². The SMILES string of the molecule is CN1C2CCC1CN(C(=O)c1ccc3c(c1)CNC3)CC2.Cl. The zero-order chi connectivity index (χ0) is 14.4. The van der Waals surface area contributed by atoms with E-state index in [0.29, 0.717) is 12.1 Å². The van der Waals surface area contributed by atoms with Gasteiger partial charge in [-0.3, -0.25) is 9.69 Å². The lowest BCUT2D eigenvalue weighted by molar-refractivity contribution is 0.0740. The van der Waals surface area contributed by atoms with Gasteiger partial charge in [-0.25, -0.2) is 0 Å². The van der Waals surface area contributed by atoms with Gasteiger partial charge >= 0.3 is 0 Å². The van der Waals surface area contributed by atoms with Gasteiger partial charge in [-0.2, -0.15) is 0 Å². The maximum Gasteiger partial charge on any atom is 0.253 e. The first-order valence-electron chi connectivity index (χ1n) is 8.06. The summed E-state index contributed by atoms with van der Waals surface area (Å²) in [5.41, 5.74) is 3.48. The topological polar surface area (TPSA) is 35.6 Å². The third-order valence-electron chi connectivity index (χ3n) is 5.52. The van der Waals surface area contributed by atoms with Gasteiger partial charge in [-0.1, -0.05) is 6.07 Å². The maximum atomic E-state index is 12.8. The minimum absolute atomic E-state index is 0. The summed E-state index contributed by atoms with van der Waals surface area (Å²) < 4.78 is 0. The zero-order valence-corrected chi connectivity index (χ0v) is 13.9. The van der Waals surface area contributed by atoms with Crippen molar-refractivity contribution < 1.29 is 4.79 Å². The molecule has 4 rings (SSSR count). The third kappa shape index (κ3) is 2.64. The number of nitrogens with one attached hydrogen (secondary N) is 1. The lowest BCUT2D eigenvalue weighted by Crippen LogP contribution is -2.39. The Morgan fingerprint density at radius 2 is 1.91 bits per heavy atom. The van der Waals surface area contributed by atoms with E-state index in [0.717, 1.165) is 38.2 Å². The van der Waals surface area contributed by atoms with Gasteiger partial charge in [0.25, 0.3) is 5.91 Å². The Morgan fingerprint density at radius 3 is 2.77 bits per heavy atom. The number of hydrogen-bond donors (Lipinski definition) is 1. The number of fused-ring (bicyclic) bond motifs is 3. The van der Waals surface area contributed by atoms with E-state index in [9.17, 15) is 4.79 Å². The molecule has 0 aromatic heterocycles. The number of rotatable bonds is 1. The first kappa shape index (κ1) is 15.8. The molecule has 2 unspecified atom stereocenters. The Kier molecular flexibility index (Phi) is 4.44. The fourth-order valence-corrected chi connectivity index (χ4v) is 4.10. The van der Waals surface area contributed by atoms with Crippen molar-refractivity contribution in [3.8, 4) is 0 Å². The Morgan fingerprint density at radius 1 is 1.14 bits per heavy atom. The summed E-state index contributed by atoms with van der Waals surface area (Å²) in [6.07, 6.45) is 3.65. The Bertz CT molecular complexity index is 577. The Balaban J connectivity index is 0.00000144. The number of amides is 1. The molecule has 0 saturated carbocycles. The van der Waals surface area contributed by atoms with Gasteiger partial charge in [-0.05, 0) is 49.6 Å². The number of carbonyl (C=O) groups excluding carboxylic acids is 1. The number of hydrogen-bond acceptors (Lipinski definition) is 3. The predicted octanol–water partition coefficient (Wildman–Crippen LogP) is 2.02. The van der Waals surface area contributed by atoms with Gasteiger partial charge in [0, 0.05) is 43.8 Å². The van der Waals surface area contributed by atoms with Crippen LogP contribution in [0.15, 0.2) is 18.2 Å². The van der Waals surface area contributed by atoms with E-state index in [1.807, 2.05) is 6.07 Å². The van der Waals surface area contributed by atoms with Crippen LogP contribution in [0.4, 0.5) is 0 Å².